The van der Waals surface area contributed by atoms with Gasteiger partial charge >= 0.3 is 0 Å². The van der Waals surface area contributed by atoms with Gasteiger partial charge in [-0.25, -0.2) is 0 Å². The SMILES string of the molecule is CCCCCCCCCCCCCCCCCCCCCCC(=O)N[C@@H](CO[C@@H]1O[C@H](CO)[C@@H](O)[C@H](O)[C@H]1O)[C@H](O)/C=C/CCCCCCCCCCCC(C)C. The van der Waals surface area contributed by atoms with Crippen LogP contribution in [0.5, 0.6) is 0 Å². The lowest BCUT2D eigenvalue weighted by molar-refractivity contribution is -0.302. The maximum absolute atomic E-state index is 13.0. The molecule has 1 amide bonds. The van der Waals surface area contributed by atoms with Crippen LogP contribution in [-0.2, 0) is 14.3 Å². The largest absolute Gasteiger partial charge is 0.394 e. The van der Waals surface area contributed by atoms with Crippen LogP contribution in [0.25, 0.3) is 0 Å². The molecule has 0 aromatic carbocycles. The number of rotatable bonds is 40. The molecule has 0 spiro atoms. The van der Waals surface area contributed by atoms with Crippen LogP contribution in [0.15, 0.2) is 12.2 Å². The average Bonchev–Trinajstić information content (AvgIpc) is 3.19. The highest BCUT2D eigenvalue weighted by Crippen LogP contribution is 2.23. The Hall–Kier alpha value is -1.07. The molecule has 1 aliphatic rings. The van der Waals surface area contributed by atoms with Gasteiger partial charge in [0.1, 0.15) is 24.4 Å². The molecule has 1 fully saturated rings. The quantitative estimate of drug-likeness (QED) is 0.0265. The Morgan fingerprint density at radius 2 is 1.07 bits per heavy atom. The van der Waals surface area contributed by atoms with Gasteiger partial charge < -0.3 is 40.3 Å². The standard InChI is InChI=1S/C48H93NO8/c1-4-5-6-7-8-9-10-11-12-13-14-15-16-17-18-22-25-28-31-34-37-44(52)49-41(39-56-48-47(55)46(54)45(53)43(38-50)57-48)42(51)36-33-30-27-24-21-19-20-23-26-29-32-35-40(2)3/h33,36,40-43,45-48,50-51,53-55H,4-32,34-35,37-39H2,1-3H3,(H,49,52)/b36-33+/t41-,42+,43+,45+,46-,47+,48+/m0/s1. The van der Waals surface area contributed by atoms with E-state index in [9.17, 15) is 30.3 Å². The van der Waals surface area contributed by atoms with E-state index in [1.807, 2.05) is 6.08 Å². The Labute approximate surface area is 350 Å². The molecule has 1 aliphatic heterocycles. The smallest absolute Gasteiger partial charge is 0.220 e. The minimum absolute atomic E-state index is 0.174. The van der Waals surface area contributed by atoms with Crippen molar-refractivity contribution in [2.24, 2.45) is 5.92 Å². The number of allylic oxidation sites excluding steroid dienone is 1. The minimum Gasteiger partial charge on any atom is -0.394 e. The Kier molecular flexibility index (Phi) is 35.9. The lowest BCUT2D eigenvalue weighted by Crippen LogP contribution is -2.60. The summed E-state index contributed by atoms with van der Waals surface area (Å²) in [4.78, 5) is 13.0. The summed E-state index contributed by atoms with van der Waals surface area (Å²) in [5.74, 6) is 0.629. The summed E-state index contributed by atoms with van der Waals surface area (Å²) in [7, 11) is 0. The first-order chi connectivity index (χ1) is 27.7. The van der Waals surface area contributed by atoms with Gasteiger partial charge in [0.15, 0.2) is 6.29 Å². The van der Waals surface area contributed by atoms with Crippen molar-refractivity contribution in [3.8, 4) is 0 Å². The van der Waals surface area contributed by atoms with Gasteiger partial charge in [0.05, 0.1) is 25.4 Å². The van der Waals surface area contributed by atoms with Gasteiger partial charge in [-0.2, -0.15) is 0 Å². The minimum atomic E-state index is -1.56. The van der Waals surface area contributed by atoms with Crippen molar-refractivity contribution in [1.82, 2.24) is 5.32 Å². The van der Waals surface area contributed by atoms with Gasteiger partial charge in [0.25, 0.3) is 0 Å². The topological polar surface area (TPSA) is 149 Å². The summed E-state index contributed by atoms with van der Waals surface area (Å²) >= 11 is 0. The van der Waals surface area contributed by atoms with Crippen LogP contribution >= 0.6 is 0 Å². The molecule has 1 saturated heterocycles. The van der Waals surface area contributed by atoms with Gasteiger partial charge in [-0.1, -0.05) is 213 Å². The number of aliphatic hydroxyl groups excluding tert-OH is 5. The number of ether oxygens (including phenoxy) is 2. The normalized spacial score (nSPS) is 21.1. The molecular formula is C48H93NO8. The molecule has 1 heterocycles. The van der Waals surface area contributed by atoms with Crippen molar-refractivity contribution in [3.63, 3.8) is 0 Å². The number of aliphatic hydroxyl groups is 5. The van der Waals surface area contributed by atoms with Gasteiger partial charge in [-0.3, -0.25) is 4.79 Å². The zero-order valence-corrected chi connectivity index (χ0v) is 37.3. The van der Waals surface area contributed by atoms with Crippen molar-refractivity contribution >= 4 is 5.91 Å². The van der Waals surface area contributed by atoms with E-state index >= 15 is 0 Å². The summed E-state index contributed by atoms with van der Waals surface area (Å²) in [6.45, 7) is 6.11. The van der Waals surface area contributed by atoms with Crippen molar-refractivity contribution in [3.05, 3.63) is 12.2 Å². The van der Waals surface area contributed by atoms with Crippen molar-refractivity contribution in [2.75, 3.05) is 13.2 Å². The maximum Gasteiger partial charge on any atom is 0.220 e. The fourth-order valence-corrected chi connectivity index (χ4v) is 7.87. The van der Waals surface area contributed by atoms with E-state index in [1.54, 1.807) is 6.08 Å². The first-order valence-corrected chi connectivity index (χ1v) is 24.3. The van der Waals surface area contributed by atoms with E-state index in [0.29, 0.717) is 6.42 Å². The lowest BCUT2D eigenvalue weighted by atomic mass is 9.99. The first kappa shape index (κ1) is 53.9. The number of carbonyl (C=O) groups is 1. The second kappa shape index (κ2) is 37.9. The van der Waals surface area contributed by atoms with Gasteiger partial charge in [-0.05, 0) is 25.2 Å². The highest BCUT2D eigenvalue weighted by atomic mass is 16.7. The average molecular weight is 812 g/mol. The van der Waals surface area contributed by atoms with Crippen LogP contribution in [-0.4, -0.2) is 87.5 Å². The molecule has 0 aliphatic carbocycles. The summed E-state index contributed by atoms with van der Waals surface area (Å²) in [5, 5.41) is 54.2. The molecule has 0 saturated carbocycles. The third-order valence-corrected chi connectivity index (χ3v) is 11.8. The molecule has 57 heavy (non-hydrogen) atoms. The predicted molar refractivity (Wildman–Crippen MR) is 235 cm³/mol. The number of unbranched alkanes of at least 4 members (excludes halogenated alkanes) is 28. The van der Waals surface area contributed by atoms with E-state index in [0.717, 1.165) is 44.4 Å². The van der Waals surface area contributed by atoms with E-state index in [4.69, 9.17) is 9.47 Å². The molecule has 9 heteroatoms. The van der Waals surface area contributed by atoms with Gasteiger partial charge in [0.2, 0.25) is 5.91 Å². The van der Waals surface area contributed by atoms with E-state index in [1.165, 1.54) is 161 Å². The fraction of sp³-hybridized carbons (Fsp3) is 0.938. The molecule has 0 aromatic rings. The predicted octanol–water partition coefficient (Wildman–Crippen LogP) is 10.4. The summed E-state index contributed by atoms with van der Waals surface area (Å²) < 4.78 is 11.2. The zero-order valence-electron chi connectivity index (χ0n) is 37.3. The number of nitrogens with one attached hydrogen (secondary N) is 1. The van der Waals surface area contributed by atoms with Crippen molar-refractivity contribution < 1.29 is 39.8 Å². The van der Waals surface area contributed by atoms with E-state index in [2.05, 4.69) is 26.1 Å². The third kappa shape index (κ3) is 29.7. The van der Waals surface area contributed by atoms with Crippen LogP contribution < -0.4 is 5.32 Å². The molecule has 0 bridgehead atoms. The monoisotopic (exact) mass is 812 g/mol. The number of amides is 1. The second-order valence-electron chi connectivity index (χ2n) is 17.7. The van der Waals surface area contributed by atoms with Crippen LogP contribution in [0.4, 0.5) is 0 Å². The fourth-order valence-electron chi connectivity index (χ4n) is 7.87. The number of hydrogen-bond donors (Lipinski definition) is 6. The third-order valence-electron chi connectivity index (χ3n) is 11.8. The molecule has 7 atom stereocenters. The van der Waals surface area contributed by atoms with E-state index in [-0.39, 0.29) is 12.5 Å². The molecule has 0 aromatic heterocycles. The second-order valence-corrected chi connectivity index (χ2v) is 17.7. The summed E-state index contributed by atoms with van der Waals surface area (Å²) in [6, 6.07) is -0.799. The molecule has 338 valence electrons. The van der Waals surface area contributed by atoms with Gasteiger partial charge in [-0.15, -0.1) is 0 Å². The molecule has 0 unspecified atom stereocenters. The Morgan fingerprint density at radius 1 is 0.632 bits per heavy atom. The molecule has 0 radical (unpaired) electrons. The summed E-state index contributed by atoms with van der Waals surface area (Å²) in [5.41, 5.74) is 0. The van der Waals surface area contributed by atoms with Crippen LogP contribution in [0.3, 0.4) is 0 Å². The van der Waals surface area contributed by atoms with Gasteiger partial charge in [0, 0.05) is 6.42 Å². The zero-order chi connectivity index (χ0) is 41.8. The highest BCUT2D eigenvalue weighted by molar-refractivity contribution is 5.76. The molecular weight excluding hydrogens is 719 g/mol. The lowest BCUT2D eigenvalue weighted by Gasteiger charge is -2.40. The Morgan fingerprint density at radius 3 is 1.53 bits per heavy atom. The van der Waals surface area contributed by atoms with E-state index < -0.39 is 49.5 Å². The van der Waals surface area contributed by atoms with Crippen molar-refractivity contribution in [1.29, 1.82) is 0 Å². The van der Waals surface area contributed by atoms with Crippen LogP contribution in [0.1, 0.15) is 226 Å². The Balaban J connectivity index is 2.30. The molecule has 9 nitrogen and oxygen atoms in total. The first-order valence-electron chi connectivity index (χ1n) is 24.3. The molecule has 1 rings (SSSR count). The number of hydrogen-bond acceptors (Lipinski definition) is 8. The van der Waals surface area contributed by atoms with Crippen LogP contribution in [0.2, 0.25) is 0 Å². The van der Waals surface area contributed by atoms with Crippen molar-refractivity contribution in [2.45, 2.75) is 269 Å². The summed E-state index contributed by atoms with van der Waals surface area (Å²) in [6.07, 6.45) is 35.5. The Bertz CT molecular complexity index is 917. The molecule has 6 N–H and O–H groups in total. The highest BCUT2D eigenvalue weighted by Gasteiger charge is 2.44. The van der Waals surface area contributed by atoms with Crippen LogP contribution in [0, 0.1) is 5.92 Å². The number of carbonyl (C=O) groups excluding carboxylic acids is 1. The maximum atomic E-state index is 13.0.